The fourth-order valence-corrected chi connectivity index (χ4v) is 4.45. The second kappa shape index (κ2) is 7.57. The zero-order valence-electron chi connectivity index (χ0n) is 15.3. The van der Waals surface area contributed by atoms with Crippen LogP contribution in [0.1, 0.15) is 16.2 Å². The summed E-state index contributed by atoms with van der Waals surface area (Å²) in [6, 6.07) is 6.12. The molecule has 3 rings (SSSR count). The van der Waals surface area contributed by atoms with Gasteiger partial charge in [0.05, 0.1) is 14.2 Å². The number of sulfonamides is 1. The van der Waals surface area contributed by atoms with Gasteiger partial charge in [0.15, 0.2) is 5.69 Å². The number of aryl methyl sites for hydroxylation is 1. The first-order valence-electron chi connectivity index (χ1n) is 8.31. The summed E-state index contributed by atoms with van der Waals surface area (Å²) in [5.74, 6) is 0.993. The highest BCUT2D eigenvalue weighted by Crippen LogP contribution is 2.31. The minimum atomic E-state index is -3.76. The summed E-state index contributed by atoms with van der Waals surface area (Å²) in [7, 11) is -0.856. The summed E-state index contributed by atoms with van der Waals surface area (Å²) in [6.07, 6.45) is 0. The maximum atomic E-state index is 13.0. The van der Waals surface area contributed by atoms with Crippen LogP contribution in [0.4, 0.5) is 0 Å². The molecule has 0 bridgehead atoms. The van der Waals surface area contributed by atoms with Gasteiger partial charge in [0, 0.05) is 38.3 Å². The molecule has 0 unspecified atom stereocenters. The van der Waals surface area contributed by atoms with Crippen molar-refractivity contribution in [3.05, 3.63) is 35.7 Å². The SMILES string of the molecule is COc1ccc(S(=O)(=O)N2CCN(C(=O)c3cc(C)on3)CC2)c(OC)c1. The smallest absolute Gasteiger partial charge is 0.276 e. The van der Waals surface area contributed by atoms with Gasteiger partial charge in [-0.1, -0.05) is 5.16 Å². The van der Waals surface area contributed by atoms with Crippen LogP contribution in [0.25, 0.3) is 0 Å². The molecule has 2 heterocycles. The molecule has 146 valence electrons. The molecule has 1 aromatic heterocycles. The Hall–Kier alpha value is -2.59. The van der Waals surface area contributed by atoms with E-state index in [0.717, 1.165) is 0 Å². The Morgan fingerprint density at radius 3 is 2.37 bits per heavy atom. The second-order valence-corrected chi connectivity index (χ2v) is 7.94. The summed E-state index contributed by atoms with van der Waals surface area (Å²) in [4.78, 5) is 14.0. The van der Waals surface area contributed by atoms with Crippen molar-refractivity contribution in [2.45, 2.75) is 11.8 Å². The molecule has 0 atom stereocenters. The fraction of sp³-hybridized carbons (Fsp3) is 0.412. The third-order valence-electron chi connectivity index (χ3n) is 4.36. The number of carbonyl (C=O) groups is 1. The maximum Gasteiger partial charge on any atom is 0.276 e. The molecule has 0 N–H and O–H groups in total. The average molecular weight is 395 g/mol. The number of hydrogen-bond donors (Lipinski definition) is 0. The first-order valence-corrected chi connectivity index (χ1v) is 9.75. The van der Waals surface area contributed by atoms with Crippen molar-refractivity contribution in [3.63, 3.8) is 0 Å². The third-order valence-corrected chi connectivity index (χ3v) is 6.30. The number of methoxy groups -OCH3 is 2. The van der Waals surface area contributed by atoms with Gasteiger partial charge in [-0.15, -0.1) is 0 Å². The van der Waals surface area contributed by atoms with E-state index in [0.29, 0.717) is 11.5 Å². The van der Waals surface area contributed by atoms with Crippen LogP contribution in [0.3, 0.4) is 0 Å². The molecule has 2 aromatic rings. The van der Waals surface area contributed by atoms with Crippen molar-refractivity contribution >= 4 is 15.9 Å². The van der Waals surface area contributed by atoms with E-state index in [1.54, 1.807) is 24.0 Å². The Morgan fingerprint density at radius 1 is 1.11 bits per heavy atom. The lowest BCUT2D eigenvalue weighted by molar-refractivity contribution is 0.0687. The van der Waals surface area contributed by atoms with E-state index in [-0.39, 0.29) is 48.4 Å². The Labute approximate surface area is 157 Å². The highest BCUT2D eigenvalue weighted by atomic mass is 32.2. The van der Waals surface area contributed by atoms with Crippen molar-refractivity contribution in [2.24, 2.45) is 0 Å². The Kier molecular flexibility index (Phi) is 5.38. The first-order chi connectivity index (χ1) is 12.9. The van der Waals surface area contributed by atoms with Crippen molar-refractivity contribution in [1.82, 2.24) is 14.4 Å². The van der Waals surface area contributed by atoms with Gasteiger partial charge in [-0.25, -0.2) is 8.42 Å². The van der Waals surface area contributed by atoms with Gasteiger partial charge in [0.25, 0.3) is 5.91 Å². The Morgan fingerprint density at radius 2 is 1.81 bits per heavy atom. The maximum absolute atomic E-state index is 13.0. The number of hydrogen-bond acceptors (Lipinski definition) is 7. The van der Waals surface area contributed by atoms with E-state index in [1.807, 2.05) is 0 Å². The van der Waals surface area contributed by atoms with Crippen molar-refractivity contribution in [3.8, 4) is 11.5 Å². The molecule has 1 saturated heterocycles. The van der Waals surface area contributed by atoms with Gasteiger partial charge in [-0.05, 0) is 19.1 Å². The molecule has 1 aromatic carbocycles. The molecule has 0 aliphatic carbocycles. The fourth-order valence-electron chi connectivity index (χ4n) is 2.89. The number of amides is 1. The molecule has 1 amide bonds. The molecule has 27 heavy (non-hydrogen) atoms. The van der Waals surface area contributed by atoms with Gasteiger partial charge < -0.3 is 18.9 Å². The summed E-state index contributed by atoms with van der Waals surface area (Å²) >= 11 is 0. The number of rotatable bonds is 5. The highest BCUT2D eigenvalue weighted by molar-refractivity contribution is 7.89. The van der Waals surface area contributed by atoms with Gasteiger partial charge in [-0.2, -0.15) is 4.31 Å². The molecule has 1 fully saturated rings. The zero-order chi connectivity index (χ0) is 19.6. The lowest BCUT2D eigenvalue weighted by Gasteiger charge is -2.33. The summed E-state index contributed by atoms with van der Waals surface area (Å²) in [5.41, 5.74) is 0.223. The van der Waals surface area contributed by atoms with Crippen LogP contribution in [0.5, 0.6) is 11.5 Å². The lowest BCUT2D eigenvalue weighted by Crippen LogP contribution is -2.50. The lowest BCUT2D eigenvalue weighted by atomic mass is 10.3. The molecule has 0 radical (unpaired) electrons. The number of piperazine rings is 1. The topological polar surface area (TPSA) is 102 Å². The van der Waals surface area contributed by atoms with E-state index in [9.17, 15) is 13.2 Å². The van der Waals surface area contributed by atoms with Crippen LogP contribution in [0.15, 0.2) is 33.7 Å². The van der Waals surface area contributed by atoms with Crippen LogP contribution in [0.2, 0.25) is 0 Å². The van der Waals surface area contributed by atoms with Crippen LogP contribution in [0, 0.1) is 6.92 Å². The normalized spacial score (nSPS) is 15.6. The van der Waals surface area contributed by atoms with E-state index >= 15 is 0 Å². The minimum Gasteiger partial charge on any atom is -0.497 e. The average Bonchev–Trinajstić information content (AvgIpc) is 3.13. The van der Waals surface area contributed by atoms with Crippen molar-refractivity contribution in [2.75, 3.05) is 40.4 Å². The monoisotopic (exact) mass is 395 g/mol. The Bertz CT molecular complexity index is 932. The molecule has 0 saturated carbocycles. The Balaban J connectivity index is 1.74. The van der Waals surface area contributed by atoms with Crippen LogP contribution in [-0.2, 0) is 10.0 Å². The van der Waals surface area contributed by atoms with Gasteiger partial charge in [0.1, 0.15) is 22.2 Å². The van der Waals surface area contributed by atoms with Crippen LogP contribution in [-0.4, -0.2) is 69.1 Å². The number of aromatic nitrogens is 1. The predicted octanol–water partition coefficient (Wildman–Crippen LogP) is 1.15. The minimum absolute atomic E-state index is 0.0673. The van der Waals surface area contributed by atoms with Gasteiger partial charge in [0.2, 0.25) is 10.0 Å². The van der Waals surface area contributed by atoms with E-state index in [1.165, 1.54) is 30.7 Å². The number of benzene rings is 1. The van der Waals surface area contributed by atoms with Crippen molar-refractivity contribution in [1.29, 1.82) is 0 Å². The van der Waals surface area contributed by atoms with E-state index < -0.39 is 10.0 Å². The second-order valence-electron chi connectivity index (χ2n) is 6.04. The summed E-state index contributed by atoms with van der Waals surface area (Å²) in [6.45, 7) is 2.60. The first kappa shape index (κ1) is 19.2. The number of carbonyl (C=O) groups excluding carboxylic acids is 1. The third kappa shape index (κ3) is 3.76. The molecule has 10 heteroatoms. The summed E-state index contributed by atoms with van der Waals surface area (Å²) < 4.78 is 42.6. The number of ether oxygens (including phenoxy) is 2. The highest BCUT2D eigenvalue weighted by Gasteiger charge is 2.33. The van der Waals surface area contributed by atoms with E-state index in [2.05, 4.69) is 5.16 Å². The standard InChI is InChI=1S/C17H21N3O6S/c1-12-10-14(18-26-12)17(21)19-6-8-20(9-7-19)27(22,23)16-5-4-13(24-2)11-15(16)25-3/h4-5,10-11H,6-9H2,1-3H3. The predicted molar refractivity (Wildman–Crippen MR) is 95.4 cm³/mol. The number of nitrogens with zero attached hydrogens (tertiary/aromatic N) is 3. The van der Waals surface area contributed by atoms with Crippen LogP contribution < -0.4 is 9.47 Å². The molecular weight excluding hydrogens is 374 g/mol. The molecule has 0 spiro atoms. The van der Waals surface area contributed by atoms with Crippen molar-refractivity contribution < 1.29 is 27.2 Å². The molecule has 1 aliphatic rings. The van der Waals surface area contributed by atoms with Gasteiger partial charge >= 0.3 is 0 Å². The largest absolute Gasteiger partial charge is 0.497 e. The zero-order valence-corrected chi connectivity index (χ0v) is 16.2. The molecule has 1 aliphatic heterocycles. The summed E-state index contributed by atoms with van der Waals surface area (Å²) in [5, 5.41) is 3.72. The molecule has 9 nitrogen and oxygen atoms in total. The van der Waals surface area contributed by atoms with Crippen LogP contribution >= 0.6 is 0 Å². The molecular formula is C17H21N3O6S. The van der Waals surface area contributed by atoms with E-state index in [4.69, 9.17) is 14.0 Å². The van der Waals surface area contributed by atoms with Gasteiger partial charge in [-0.3, -0.25) is 4.79 Å². The quantitative estimate of drug-likeness (QED) is 0.748.